The van der Waals surface area contributed by atoms with Crippen molar-refractivity contribution in [2.75, 3.05) is 0 Å². The Morgan fingerprint density at radius 2 is 2.17 bits per heavy atom. The summed E-state index contributed by atoms with van der Waals surface area (Å²) in [6.45, 7) is 6.10. The second-order valence-electron chi connectivity index (χ2n) is 6.96. The lowest BCUT2D eigenvalue weighted by Crippen LogP contribution is -2.22. The predicted octanol–water partition coefficient (Wildman–Crippen LogP) is 2.39. The standard InChI is InChI=1S/C17H18N6O/c1-10(2)13-14(12-8-19-22(9-12)17(3)4-5-17)21-15-11(6-18)7-20-23(15)16(13)24/h7-10,20H,4-5H2,1-3H3. The summed E-state index contributed by atoms with van der Waals surface area (Å²) in [7, 11) is 0. The van der Waals surface area contributed by atoms with Crippen LogP contribution in [0.1, 0.15) is 50.7 Å². The number of rotatable bonds is 3. The highest BCUT2D eigenvalue weighted by molar-refractivity contribution is 5.67. The lowest BCUT2D eigenvalue weighted by molar-refractivity contribution is 0.473. The molecule has 7 heteroatoms. The molecule has 3 heterocycles. The van der Waals surface area contributed by atoms with Gasteiger partial charge >= 0.3 is 0 Å². The summed E-state index contributed by atoms with van der Waals surface area (Å²) in [6.07, 6.45) is 7.43. The van der Waals surface area contributed by atoms with E-state index in [1.807, 2.05) is 24.7 Å². The molecule has 1 aliphatic rings. The summed E-state index contributed by atoms with van der Waals surface area (Å²) in [5.41, 5.74) is 2.67. The topological polar surface area (TPSA) is 91.8 Å². The van der Waals surface area contributed by atoms with Gasteiger partial charge in [-0.1, -0.05) is 13.8 Å². The fourth-order valence-corrected chi connectivity index (χ4v) is 3.00. The Bertz CT molecular complexity index is 1040. The Kier molecular flexibility index (Phi) is 2.94. The third-order valence-electron chi connectivity index (χ3n) is 4.78. The fourth-order valence-electron chi connectivity index (χ4n) is 3.00. The van der Waals surface area contributed by atoms with E-state index in [2.05, 4.69) is 28.2 Å². The Balaban J connectivity index is 1.99. The molecule has 3 aromatic heterocycles. The average Bonchev–Trinajstić information content (AvgIpc) is 3.01. The van der Waals surface area contributed by atoms with E-state index in [9.17, 15) is 10.1 Å². The number of aromatic amines is 1. The highest BCUT2D eigenvalue weighted by Crippen LogP contribution is 2.42. The van der Waals surface area contributed by atoms with E-state index in [0.29, 0.717) is 22.5 Å². The van der Waals surface area contributed by atoms with Crippen molar-refractivity contribution >= 4 is 5.65 Å². The zero-order valence-electron chi connectivity index (χ0n) is 13.9. The van der Waals surface area contributed by atoms with Crippen LogP contribution in [-0.2, 0) is 5.54 Å². The van der Waals surface area contributed by atoms with E-state index in [1.54, 1.807) is 6.20 Å². The van der Waals surface area contributed by atoms with E-state index in [-0.39, 0.29) is 17.0 Å². The quantitative estimate of drug-likeness (QED) is 0.801. The van der Waals surface area contributed by atoms with E-state index in [4.69, 9.17) is 0 Å². The maximum Gasteiger partial charge on any atom is 0.276 e. The van der Waals surface area contributed by atoms with Crippen LogP contribution in [0.4, 0.5) is 0 Å². The molecule has 1 aliphatic carbocycles. The van der Waals surface area contributed by atoms with Gasteiger partial charge in [0, 0.05) is 23.5 Å². The molecule has 1 saturated carbocycles. The summed E-state index contributed by atoms with van der Waals surface area (Å²) in [4.78, 5) is 17.5. The maximum atomic E-state index is 12.9. The molecule has 1 fully saturated rings. The number of hydrogen-bond donors (Lipinski definition) is 1. The molecule has 0 bridgehead atoms. The number of nitrogens with zero attached hydrogens (tertiary/aromatic N) is 5. The molecule has 0 aliphatic heterocycles. The molecule has 1 N–H and O–H groups in total. The Morgan fingerprint density at radius 1 is 1.42 bits per heavy atom. The largest absolute Gasteiger partial charge is 0.295 e. The number of nitriles is 1. The molecular weight excluding hydrogens is 304 g/mol. The first-order valence-electron chi connectivity index (χ1n) is 8.04. The maximum absolute atomic E-state index is 12.9. The molecule has 122 valence electrons. The van der Waals surface area contributed by atoms with Crippen molar-refractivity contribution in [3.63, 3.8) is 0 Å². The van der Waals surface area contributed by atoms with Gasteiger partial charge in [0.15, 0.2) is 5.65 Å². The van der Waals surface area contributed by atoms with Gasteiger partial charge in [0.1, 0.15) is 11.6 Å². The van der Waals surface area contributed by atoms with Crippen LogP contribution in [0.2, 0.25) is 0 Å². The molecule has 0 radical (unpaired) electrons. The summed E-state index contributed by atoms with van der Waals surface area (Å²) in [5.74, 6) is 0.00518. The minimum absolute atomic E-state index is 0.00518. The van der Waals surface area contributed by atoms with E-state index >= 15 is 0 Å². The van der Waals surface area contributed by atoms with Gasteiger partial charge in [-0.15, -0.1) is 0 Å². The third kappa shape index (κ3) is 1.99. The van der Waals surface area contributed by atoms with Gasteiger partial charge in [-0.3, -0.25) is 14.6 Å². The van der Waals surface area contributed by atoms with Crippen molar-refractivity contribution in [2.24, 2.45) is 0 Å². The van der Waals surface area contributed by atoms with Crippen LogP contribution in [0.3, 0.4) is 0 Å². The molecule has 0 unspecified atom stereocenters. The van der Waals surface area contributed by atoms with Gasteiger partial charge in [-0.25, -0.2) is 9.50 Å². The Morgan fingerprint density at radius 3 is 2.79 bits per heavy atom. The molecule has 0 aromatic carbocycles. The van der Waals surface area contributed by atoms with Crippen LogP contribution in [0.5, 0.6) is 0 Å². The van der Waals surface area contributed by atoms with Gasteiger partial charge in [0.2, 0.25) is 0 Å². The zero-order chi connectivity index (χ0) is 17.1. The van der Waals surface area contributed by atoms with E-state index < -0.39 is 0 Å². The highest BCUT2D eigenvalue weighted by Gasteiger charge is 2.40. The molecule has 7 nitrogen and oxygen atoms in total. The normalized spacial score (nSPS) is 15.8. The summed E-state index contributed by atoms with van der Waals surface area (Å²) in [5, 5.41) is 16.5. The predicted molar refractivity (Wildman–Crippen MR) is 88.7 cm³/mol. The summed E-state index contributed by atoms with van der Waals surface area (Å²) in [6, 6.07) is 2.07. The Labute approximate surface area is 138 Å². The molecule has 3 aromatic rings. The summed E-state index contributed by atoms with van der Waals surface area (Å²) >= 11 is 0. The minimum atomic E-state index is -0.170. The second kappa shape index (κ2) is 4.81. The average molecular weight is 322 g/mol. The second-order valence-corrected chi connectivity index (χ2v) is 6.96. The first-order valence-corrected chi connectivity index (χ1v) is 8.04. The Hall–Kier alpha value is -2.88. The van der Waals surface area contributed by atoms with E-state index in [1.165, 1.54) is 10.7 Å². The third-order valence-corrected chi connectivity index (χ3v) is 4.78. The van der Waals surface area contributed by atoms with Crippen LogP contribution in [-0.4, -0.2) is 24.4 Å². The lowest BCUT2D eigenvalue weighted by Gasteiger charge is -2.11. The van der Waals surface area contributed by atoms with Crippen LogP contribution >= 0.6 is 0 Å². The minimum Gasteiger partial charge on any atom is -0.295 e. The van der Waals surface area contributed by atoms with Crippen molar-refractivity contribution < 1.29 is 0 Å². The van der Waals surface area contributed by atoms with Crippen LogP contribution < -0.4 is 5.56 Å². The molecule has 24 heavy (non-hydrogen) atoms. The molecular formula is C17H18N6O. The molecule has 0 amide bonds. The summed E-state index contributed by atoms with van der Waals surface area (Å²) < 4.78 is 3.29. The molecule has 4 rings (SSSR count). The number of H-pyrrole nitrogens is 1. The lowest BCUT2D eigenvalue weighted by atomic mass is 10.00. The van der Waals surface area contributed by atoms with E-state index in [0.717, 1.165) is 18.4 Å². The first-order chi connectivity index (χ1) is 11.4. The van der Waals surface area contributed by atoms with Gasteiger partial charge < -0.3 is 0 Å². The fraction of sp³-hybridized carbons (Fsp3) is 0.412. The number of hydrogen-bond acceptors (Lipinski definition) is 4. The van der Waals surface area contributed by atoms with Crippen LogP contribution in [0.25, 0.3) is 16.9 Å². The monoisotopic (exact) mass is 322 g/mol. The first kappa shape index (κ1) is 14.7. The van der Waals surface area contributed by atoms with Gasteiger partial charge in [-0.2, -0.15) is 10.4 Å². The van der Waals surface area contributed by atoms with Crippen LogP contribution in [0.15, 0.2) is 23.4 Å². The van der Waals surface area contributed by atoms with Gasteiger partial charge in [0.25, 0.3) is 5.56 Å². The van der Waals surface area contributed by atoms with Crippen LogP contribution in [0, 0.1) is 11.3 Å². The molecule has 0 saturated heterocycles. The van der Waals surface area contributed by atoms with Crippen molar-refractivity contribution in [3.05, 3.63) is 40.1 Å². The molecule has 0 spiro atoms. The van der Waals surface area contributed by atoms with Crippen molar-refractivity contribution in [3.8, 4) is 17.3 Å². The highest BCUT2D eigenvalue weighted by atomic mass is 16.1. The van der Waals surface area contributed by atoms with Crippen molar-refractivity contribution in [2.45, 2.75) is 45.1 Å². The van der Waals surface area contributed by atoms with Gasteiger partial charge in [0.05, 0.1) is 17.4 Å². The van der Waals surface area contributed by atoms with Crippen molar-refractivity contribution in [1.82, 2.24) is 24.4 Å². The number of nitrogens with one attached hydrogen (secondary N) is 1. The smallest absolute Gasteiger partial charge is 0.276 e. The van der Waals surface area contributed by atoms with Gasteiger partial charge in [-0.05, 0) is 25.7 Å². The SMILES string of the molecule is CC(C)c1c(-c2cnn(C3(C)CC3)c2)nc2c(C#N)c[nH]n2c1=O. The number of aromatic nitrogens is 5. The zero-order valence-corrected chi connectivity index (χ0v) is 13.9. The molecule has 0 atom stereocenters. The number of fused-ring (bicyclic) bond motifs is 1. The van der Waals surface area contributed by atoms with Crippen molar-refractivity contribution in [1.29, 1.82) is 5.26 Å².